The lowest BCUT2D eigenvalue weighted by Crippen LogP contribution is -2.44. The van der Waals surface area contributed by atoms with Crippen molar-refractivity contribution in [3.8, 4) is 0 Å². The molecule has 0 N–H and O–H groups in total. The summed E-state index contributed by atoms with van der Waals surface area (Å²) in [6.07, 6.45) is 21.2. The molecule has 0 radical (unpaired) electrons. The zero-order chi connectivity index (χ0) is 19.2. The van der Waals surface area contributed by atoms with Crippen LogP contribution >= 0.6 is 0 Å². The van der Waals surface area contributed by atoms with E-state index in [0.29, 0.717) is 10.8 Å². The van der Waals surface area contributed by atoms with Gasteiger partial charge in [0.1, 0.15) is 0 Å². The zero-order valence-corrected chi connectivity index (χ0v) is 18.8. The molecule has 0 aromatic carbocycles. The number of allylic oxidation sites excluding steroid dienone is 4. The van der Waals surface area contributed by atoms with E-state index >= 15 is 0 Å². The Morgan fingerprint density at radius 3 is 2.56 bits per heavy atom. The minimum Gasteiger partial charge on any atom is -0.0840 e. The molecule has 27 heavy (non-hydrogen) atoms. The maximum Gasteiger partial charge on any atom is 0.00394 e. The first-order chi connectivity index (χ1) is 12.9. The summed E-state index contributed by atoms with van der Waals surface area (Å²) in [5, 5.41) is 0. The summed E-state index contributed by atoms with van der Waals surface area (Å²) in [7, 11) is 0. The normalized spacial score (nSPS) is 42.1. The lowest BCUT2D eigenvalue weighted by molar-refractivity contribution is 0.0748. The Bertz CT molecular complexity index is 608. The number of hydrogen-bond donors (Lipinski definition) is 0. The van der Waals surface area contributed by atoms with Crippen LogP contribution in [0, 0.1) is 40.4 Å². The minimum absolute atomic E-state index is 0.508. The maximum absolute atomic E-state index is 2.67. The monoisotopic (exact) mass is 368 g/mol. The highest BCUT2D eigenvalue weighted by Crippen LogP contribution is 2.64. The summed E-state index contributed by atoms with van der Waals surface area (Å²) >= 11 is 0. The second-order valence-electron chi connectivity index (χ2n) is 11.6. The fourth-order valence-electron chi connectivity index (χ4n) is 7.88. The van der Waals surface area contributed by atoms with E-state index in [-0.39, 0.29) is 0 Å². The predicted octanol–water partition coefficient (Wildman–Crippen LogP) is 8.34. The van der Waals surface area contributed by atoms with E-state index in [4.69, 9.17) is 0 Å². The third-order valence-corrected chi connectivity index (χ3v) is 9.56. The van der Waals surface area contributed by atoms with E-state index in [1.54, 1.807) is 0 Å². The first kappa shape index (κ1) is 19.8. The Morgan fingerprint density at radius 2 is 1.78 bits per heavy atom. The lowest BCUT2D eigenvalue weighted by atomic mass is 9.50. The summed E-state index contributed by atoms with van der Waals surface area (Å²) in [4.78, 5) is 0. The molecular weight excluding hydrogens is 324 g/mol. The highest BCUT2D eigenvalue weighted by molar-refractivity contribution is 5.38. The van der Waals surface area contributed by atoms with Crippen LogP contribution in [0.3, 0.4) is 0 Å². The fourth-order valence-corrected chi connectivity index (χ4v) is 7.88. The third kappa shape index (κ3) is 3.28. The van der Waals surface area contributed by atoms with Gasteiger partial charge in [0, 0.05) is 5.92 Å². The van der Waals surface area contributed by atoms with Crippen LogP contribution in [-0.4, -0.2) is 0 Å². The molecule has 4 rings (SSSR count). The van der Waals surface area contributed by atoms with Gasteiger partial charge in [-0.25, -0.2) is 0 Å². The molecule has 0 nitrogen and oxygen atoms in total. The topological polar surface area (TPSA) is 0 Å². The van der Waals surface area contributed by atoms with Gasteiger partial charge < -0.3 is 0 Å². The highest BCUT2D eigenvalue weighted by atomic mass is 14.6. The van der Waals surface area contributed by atoms with Crippen molar-refractivity contribution in [3.05, 3.63) is 23.3 Å². The van der Waals surface area contributed by atoms with Crippen LogP contribution in [0.5, 0.6) is 0 Å². The highest BCUT2D eigenvalue weighted by Gasteiger charge is 2.53. The molecule has 0 saturated heterocycles. The second-order valence-corrected chi connectivity index (χ2v) is 11.6. The van der Waals surface area contributed by atoms with Gasteiger partial charge in [0.05, 0.1) is 0 Å². The van der Waals surface area contributed by atoms with Crippen molar-refractivity contribution in [3.63, 3.8) is 0 Å². The maximum atomic E-state index is 2.67. The summed E-state index contributed by atoms with van der Waals surface area (Å²) < 4.78 is 0. The molecule has 0 aromatic rings. The Balaban J connectivity index is 1.54. The smallest absolute Gasteiger partial charge is 0.00394 e. The van der Waals surface area contributed by atoms with Crippen LogP contribution in [0.15, 0.2) is 23.3 Å². The average Bonchev–Trinajstić information content (AvgIpc) is 2.98. The van der Waals surface area contributed by atoms with Crippen molar-refractivity contribution >= 4 is 0 Å². The molecule has 0 heteroatoms. The lowest BCUT2D eigenvalue weighted by Gasteiger charge is -2.54. The predicted molar refractivity (Wildman–Crippen MR) is 118 cm³/mol. The Labute approximate surface area is 169 Å². The van der Waals surface area contributed by atoms with Crippen LogP contribution < -0.4 is 0 Å². The minimum atomic E-state index is 0.508. The molecule has 6 atom stereocenters. The summed E-state index contributed by atoms with van der Waals surface area (Å²) in [6, 6.07) is 0. The molecule has 1 unspecified atom stereocenters. The van der Waals surface area contributed by atoms with Gasteiger partial charge in [-0.05, 0) is 73.0 Å². The standard InChI is InChI=1S/C27H44/c1-19(2)9-8-10-20(3)23-14-15-24-22-13-12-21-11-6-7-17-26(21,4)25(22)16-18-27(23,24)5/h14-15,19-21,23-24H,6-13,16-18H2,1-5H3/t20-,21?,23-,24-,26+,27-/m1/s1. The summed E-state index contributed by atoms with van der Waals surface area (Å²) in [5.74, 6) is 4.26. The van der Waals surface area contributed by atoms with E-state index in [2.05, 4.69) is 46.8 Å². The van der Waals surface area contributed by atoms with Crippen LogP contribution in [0.4, 0.5) is 0 Å². The van der Waals surface area contributed by atoms with Crippen LogP contribution in [-0.2, 0) is 0 Å². The molecule has 152 valence electrons. The summed E-state index contributed by atoms with van der Waals surface area (Å²) in [5.41, 5.74) is 4.92. The SMILES string of the molecule is CC(C)CCC[C@@H](C)[C@H]1C=C[C@@H]2C3=C(CC[C@@]21C)[C@@]1(C)CCCCC1CC3. The van der Waals surface area contributed by atoms with Gasteiger partial charge in [0.15, 0.2) is 0 Å². The number of hydrogen-bond acceptors (Lipinski definition) is 0. The molecule has 0 bridgehead atoms. The van der Waals surface area contributed by atoms with Crippen molar-refractivity contribution < 1.29 is 0 Å². The van der Waals surface area contributed by atoms with Gasteiger partial charge in [-0.15, -0.1) is 0 Å². The molecular formula is C27H44. The largest absolute Gasteiger partial charge is 0.0840 e. The van der Waals surface area contributed by atoms with Crippen LogP contribution in [0.2, 0.25) is 0 Å². The first-order valence-electron chi connectivity index (χ1n) is 12.3. The molecule has 0 heterocycles. The Kier molecular flexibility index (Phi) is 5.41. The molecule has 1 saturated carbocycles. The third-order valence-electron chi connectivity index (χ3n) is 9.56. The van der Waals surface area contributed by atoms with Crippen molar-refractivity contribution in [2.24, 2.45) is 40.4 Å². The van der Waals surface area contributed by atoms with Gasteiger partial charge in [0.2, 0.25) is 0 Å². The van der Waals surface area contributed by atoms with Crippen molar-refractivity contribution in [1.82, 2.24) is 0 Å². The molecule has 0 spiro atoms. The molecule has 0 aliphatic heterocycles. The molecule has 4 aliphatic carbocycles. The van der Waals surface area contributed by atoms with E-state index < -0.39 is 0 Å². The summed E-state index contributed by atoms with van der Waals surface area (Å²) in [6.45, 7) is 12.6. The Morgan fingerprint density at radius 1 is 0.963 bits per heavy atom. The number of rotatable bonds is 5. The van der Waals surface area contributed by atoms with Crippen molar-refractivity contribution in [2.45, 2.75) is 105 Å². The first-order valence-corrected chi connectivity index (χ1v) is 12.3. The molecule has 4 aliphatic rings. The fraction of sp³-hybridized carbons (Fsp3) is 0.852. The van der Waals surface area contributed by atoms with Gasteiger partial charge in [0.25, 0.3) is 0 Å². The Hall–Kier alpha value is -0.520. The molecule has 0 aromatic heterocycles. The second kappa shape index (κ2) is 7.38. The van der Waals surface area contributed by atoms with E-state index in [9.17, 15) is 0 Å². The van der Waals surface area contributed by atoms with Crippen molar-refractivity contribution in [2.75, 3.05) is 0 Å². The van der Waals surface area contributed by atoms with Gasteiger partial charge in [-0.3, -0.25) is 0 Å². The quantitative estimate of drug-likeness (QED) is 0.428. The van der Waals surface area contributed by atoms with Gasteiger partial charge >= 0.3 is 0 Å². The molecule has 0 amide bonds. The average molecular weight is 369 g/mol. The number of fused-ring (bicyclic) bond motifs is 4. The zero-order valence-electron chi connectivity index (χ0n) is 18.8. The van der Waals surface area contributed by atoms with Crippen LogP contribution in [0.1, 0.15) is 105 Å². The van der Waals surface area contributed by atoms with Crippen LogP contribution in [0.25, 0.3) is 0 Å². The van der Waals surface area contributed by atoms with Crippen molar-refractivity contribution in [1.29, 1.82) is 0 Å². The van der Waals surface area contributed by atoms with E-state index in [1.807, 2.05) is 11.1 Å². The van der Waals surface area contributed by atoms with E-state index in [0.717, 1.165) is 29.6 Å². The van der Waals surface area contributed by atoms with E-state index in [1.165, 1.54) is 70.6 Å². The molecule has 1 fully saturated rings. The van der Waals surface area contributed by atoms with Gasteiger partial charge in [-0.2, -0.15) is 0 Å². The van der Waals surface area contributed by atoms with Gasteiger partial charge in [-0.1, -0.05) is 90.0 Å².